The molecule has 1 atom stereocenters. The van der Waals surface area contributed by atoms with Crippen LogP contribution in [0.3, 0.4) is 0 Å². The Labute approximate surface area is 159 Å². The number of hydrogen-bond acceptors (Lipinski definition) is 1. The van der Waals surface area contributed by atoms with Gasteiger partial charge in [0.25, 0.3) is 0 Å². The van der Waals surface area contributed by atoms with Crippen molar-refractivity contribution in [3.63, 3.8) is 0 Å². The summed E-state index contributed by atoms with van der Waals surface area (Å²) in [7, 11) is 0. The van der Waals surface area contributed by atoms with Gasteiger partial charge in [-0.3, -0.25) is 4.79 Å². The van der Waals surface area contributed by atoms with E-state index in [0.717, 1.165) is 27.6 Å². The van der Waals surface area contributed by atoms with Crippen LogP contribution in [0.1, 0.15) is 54.1 Å². The second kappa shape index (κ2) is 6.06. The molecule has 0 aromatic heterocycles. The third-order valence-electron chi connectivity index (χ3n) is 5.96. The fourth-order valence-electron chi connectivity index (χ4n) is 4.43. The molecular formula is C26H22O. The minimum atomic E-state index is 0.152. The maximum Gasteiger partial charge on any atom is 0.194 e. The zero-order chi connectivity index (χ0) is 18.5. The minimum absolute atomic E-state index is 0.152. The van der Waals surface area contributed by atoms with Gasteiger partial charge in [0.15, 0.2) is 5.78 Å². The van der Waals surface area contributed by atoms with Crippen molar-refractivity contribution in [2.45, 2.75) is 32.6 Å². The molecule has 27 heavy (non-hydrogen) atoms. The first-order valence-corrected chi connectivity index (χ1v) is 9.81. The van der Waals surface area contributed by atoms with Gasteiger partial charge in [-0.2, -0.15) is 0 Å². The predicted octanol–water partition coefficient (Wildman–Crippen LogP) is 7.11. The van der Waals surface area contributed by atoms with E-state index in [1.807, 2.05) is 18.2 Å². The normalized spacial score (nSPS) is 13.8. The van der Waals surface area contributed by atoms with Gasteiger partial charge >= 0.3 is 0 Å². The van der Waals surface area contributed by atoms with E-state index < -0.39 is 0 Å². The predicted molar refractivity (Wildman–Crippen MR) is 114 cm³/mol. The van der Waals surface area contributed by atoms with Gasteiger partial charge in [0.1, 0.15) is 0 Å². The third-order valence-corrected chi connectivity index (χ3v) is 5.96. The molecule has 1 nitrogen and oxygen atoms in total. The summed E-state index contributed by atoms with van der Waals surface area (Å²) in [5.74, 6) is 0.700. The summed E-state index contributed by atoms with van der Waals surface area (Å²) in [6, 6.07) is 23.5. The summed E-state index contributed by atoms with van der Waals surface area (Å²) < 4.78 is 0. The van der Waals surface area contributed by atoms with E-state index in [0.29, 0.717) is 5.92 Å². The lowest BCUT2D eigenvalue weighted by Crippen LogP contribution is -1.96. The summed E-state index contributed by atoms with van der Waals surface area (Å²) in [6.07, 6.45) is 2.37. The molecule has 4 aromatic carbocycles. The van der Waals surface area contributed by atoms with Crippen molar-refractivity contribution < 1.29 is 4.79 Å². The van der Waals surface area contributed by atoms with Crippen LogP contribution in [0.4, 0.5) is 0 Å². The monoisotopic (exact) mass is 350 g/mol. The number of hydrogen-bond donors (Lipinski definition) is 0. The molecule has 5 rings (SSSR count). The van der Waals surface area contributed by atoms with Crippen molar-refractivity contribution in [3.8, 4) is 11.1 Å². The Morgan fingerprint density at radius 3 is 1.89 bits per heavy atom. The summed E-state index contributed by atoms with van der Waals surface area (Å²) in [5.41, 5.74) is 5.17. The number of carbonyl (C=O) groups excluding carboxylic acids is 1. The van der Waals surface area contributed by atoms with E-state index in [1.165, 1.54) is 34.6 Å². The van der Waals surface area contributed by atoms with Crippen LogP contribution in [-0.4, -0.2) is 5.78 Å². The molecule has 0 N–H and O–H groups in total. The molecule has 0 fully saturated rings. The highest BCUT2D eigenvalue weighted by Gasteiger charge is 2.27. The Morgan fingerprint density at radius 1 is 0.704 bits per heavy atom. The maximum absolute atomic E-state index is 13.1. The average molecular weight is 350 g/mol. The highest BCUT2D eigenvalue weighted by Crippen LogP contribution is 2.41. The largest absolute Gasteiger partial charge is 0.289 e. The van der Waals surface area contributed by atoms with Crippen LogP contribution >= 0.6 is 0 Å². The minimum Gasteiger partial charge on any atom is -0.289 e. The summed E-state index contributed by atoms with van der Waals surface area (Å²) >= 11 is 0. The first-order chi connectivity index (χ1) is 13.2. The molecule has 0 saturated carbocycles. The van der Waals surface area contributed by atoms with Crippen molar-refractivity contribution in [1.82, 2.24) is 0 Å². The summed E-state index contributed by atoms with van der Waals surface area (Å²) in [6.45, 7) is 4.51. The lowest BCUT2D eigenvalue weighted by Gasteiger charge is -2.12. The SMILES string of the molecule is CCCC(C)c1ccc2cc3c(cc2c1)C(=O)c1cc2ccccc2cc1-3. The summed E-state index contributed by atoms with van der Waals surface area (Å²) in [5, 5.41) is 4.67. The summed E-state index contributed by atoms with van der Waals surface area (Å²) in [4.78, 5) is 13.1. The Balaban J connectivity index is 1.70. The van der Waals surface area contributed by atoms with Gasteiger partial charge in [-0.05, 0) is 74.8 Å². The van der Waals surface area contributed by atoms with E-state index >= 15 is 0 Å². The van der Waals surface area contributed by atoms with Crippen LogP contribution in [0.25, 0.3) is 32.7 Å². The molecule has 132 valence electrons. The third kappa shape index (κ3) is 2.49. The topological polar surface area (TPSA) is 17.1 Å². The van der Waals surface area contributed by atoms with Crippen LogP contribution < -0.4 is 0 Å². The molecule has 0 bridgehead atoms. The average Bonchev–Trinajstić information content (AvgIpc) is 2.95. The number of rotatable bonds is 3. The van der Waals surface area contributed by atoms with Gasteiger partial charge in [0.05, 0.1) is 0 Å². The standard InChI is InChI=1S/C26H22O/c1-3-6-16(2)17-9-10-20-13-23-22-12-18-7-4-5-8-19(18)14-24(22)26(27)25(23)15-21(20)11-17/h4-5,7-16H,3,6H2,1-2H3. The van der Waals surface area contributed by atoms with Crippen LogP contribution in [-0.2, 0) is 0 Å². The van der Waals surface area contributed by atoms with E-state index in [9.17, 15) is 4.79 Å². The number of fused-ring (bicyclic) bond motifs is 5. The fraction of sp³-hybridized carbons (Fsp3) is 0.192. The van der Waals surface area contributed by atoms with Gasteiger partial charge in [-0.15, -0.1) is 0 Å². The van der Waals surface area contributed by atoms with Crippen molar-refractivity contribution in [2.24, 2.45) is 0 Å². The van der Waals surface area contributed by atoms with Gasteiger partial charge in [0.2, 0.25) is 0 Å². The number of benzene rings is 4. The smallest absolute Gasteiger partial charge is 0.194 e. The second-order valence-electron chi connectivity index (χ2n) is 7.77. The second-order valence-corrected chi connectivity index (χ2v) is 7.77. The first kappa shape index (κ1) is 16.3. The molecule has 1 aliphatic rings. The molecule has 0 spiro atoms. The van der Waals surface area contributed by atoms with Crippen molar-refractivity contribution >= 4 is 27.3 Å². The molecule has 0 saturated heterocycles. The quantitative estimate of drug-likeness (QED) is 0.339. The Hall–Kier alpha value is -2.93. The van der Waals surface area contributed by atoms with Crippen molar-refractivity contribution in [3.05, 3.63) is 83.4 Å². The highest BCUT2D eigenvalue weighted by atomic mass is 16.1. The molecule has 0 aliphatic heterocycles. The van der Waals surface area contributed by atoms with E-state index in [-0.39, 0.29) is 5.78 Å². The Kier molecular flexibility index (Phi) is 3.65. The molecule has 1 heteroatoms. The van der Waals surface area contributed by atoms with Crippen LogP contribution in [0.15, 0.2) is 66.7 Å². The molecule has 0 amide bonds. The molecule has 1 unspecified atom stereocenters. The Morgan fingerprint density at radius 2 is 1.26 bits per heavy atom. The lowest BCUT2D eigenvalue weighted by molar-refractivity contribution is 0.104. The van der Waals surface area contributed by atoms with E-state index in [4.69, 9.17) is 0 Å². The van der Waals surface area contributed by atoms with Crippen LogP contribution in [0.2, 0.25) is 0 Å². The molecule has 4 aromatic rings. The van der Waals surface area contributed by atoms with Crippen molar-refractivity contribution in [2.75, 3.05) is 0 Å². The van der Waals surface area contributed by atoms with Gasteiger partial charge < -0.3 is 0 Å². The maximum atomic E-state index is 13.1. The van der Waals surface area contributed by atoms with Crippen LogP contribution in [0.5, 0.6) is 0 Å². The highest BCUT2D eigenvalue weighted by molar-refractivity contribution is 6.24. The molecule has 1 aliphatic carbocycles. The molecular weight excluding hydrogens is 328 g/mol. The van der Waals surface area contributed by atoms with Gasteiger partial charge in [-0.1, -0.05) is 62.7 Å². The Bertz CT molecular complexity index is 1220. The van der Waals surface area contributed by atoms with Crippen molar-refractivity contribution in [1.29, 1.82) is 0 Å². The lowest BCUT2D eigenvalue weighted by atomic mass is 9.92. The fourth-order valence-corrected chi connectivity index (χ4v) is 4.43. The van der Waals surface area contributed by atoms with Gasteiger partial charge in [0, 0.05) is 11.1 Å². The van der Waals surface area contributed by atoms with Crippen LogP contribution in [0, 0.1) is 0 Å². The zero-order valence-corrected chi connectivity index (χ0v) is 15.8. The van der Waals surface area contributed by atoms with Gasteiger partial charge in [-0.25, -0.2) is 0 Å². The molecule has 0 radical (unpaired) electrons. The number of ketones is 1. The first-order valence-electron chi connectivity index (χ1n) is 9.81. The van der Waals surface area contributed by atoms with E-state index in [2.05, 4.69) is 62.4 Å². The number of carbonyl (C=O) groups is 1. The zero-order valence-electron chi connectivity index (χ0n) is 15.8. The van der Waals surface area contributed by atoms with E-state index in [1.54, 1.807) is 0 Å². The molecule has 0 heterocycles.